The zero-order chi connectivity index (χ0) is 15.7. The van der Waals surface area contributed by atoms with Crippen LogP contribution >= 0.6 is 12.4 Å². The molecular weight excluding hydrogens is 320 g/mol. The molecule has 2 saturated heterocycles. The molecule has 2 aromatic rings. The average molecular weight is 347 g/mol. The predicted molar refractivity (Wildman–Crippen MR) is 100.0 cm³/mol. The van der Waals surface area contributed by atoms with Gasteiger partial charge in [-0.25, -0.2) is 4.68 Å². The summed E-state index contributed by atoms with van der Waals surface area (Å²) in [6.45, 7) is 8.00. The third kappa shape index (κ3) is 3.37. The number of aromatic nitrogens is 2. The van der Waals surface area contributed by atoms with Gasteiger partial charge in [-0.2, -0.15) is 5.10 Å². The Morgan fingerprint density at radius 2 is 1.92 bits per heavy atom. The van der Waals surface area contributed by atoms with Gasteiger partial charge in [-0.1, -0.05) is 18.2 Å². The van der Waals surface area contributed by atoms with Gasteiger partial charge >= 0.3 is 0 Å². The Morgan fingerprint density at radius 1 is 1.12 bits per heavy atom. The molecular formula is C19H27ClN4. The van der Waals surface area contributed by atoms with E-state index in [0.717, 1.165) is 6.54 Å². The van der Waals surface area contributed by atoms with Crippen molar-refractivity contribution < 1.29 is 0 Å². The molecule has 5 heteroatoms. The van der Waals surface area contributed by atoms with E-state index in [9.17, 15) is 0 Å². The minimum Gasteiger partial charge on any atom is -0.317 e. The normalized spacial score (nSPS) is 20.2. The van der Waals surface area contributed by atoms with Crippen molar-refractivity contribution in [2.45, 2.75) is 32.7 Å². The summed E-state index contributed by atoms with van der Waals surface area (Å²) >= 11 is 0. The molecule has 1 spiro atoms. The molecule has 130 valence electrons. The largest absolute Gasteiger partial charge is 0.317 e. The number of rotatable bonds is 3. The molecule has 1 aromatic carbocycles. The molecule has 1 N–H and O–H groups in total. The summed E-state index contributed by atoms with van der Waals surface area (Å²) < 4.78 is 2.11. The van der Waals surface area contributed by atoms with Crippen molar-refractivity contribution in [2.75, 3.05) is 26.2 Å². The molecule has 0 amide bonds. The van der Waals surface area contributed by atoms with Gasteiger partial charge in [0.1, 0.15) is 0 Å². The minimum atomic E-state index is 0. The van der Waals surface area contributed by atoms with E-state index in [1.165, 1.54) is 62.4 Å². The average Bonchev–Trinajstić information content (AvgIpc) is 3.17. The fourth-order valence-corrected chi connectivity index (χ4v) is 4.23. The number of benzene rings is 1. The zero-order valence-corrected chi connectivity index (χ0v) is 15.2. The maximum atomic E-state index is 4.57. The summed E-state index contributed by atoms with van der Waals surface area (Å²) in [7, 11) is 0. The lowest BCUT2D eigenvalue weighted by Gasteiger charge is -2.33. The van der Waals surface area contributed by atoms with E-state index in [0.29, 0.717) is 5.41 Å². The predicted octanol–water partition coefficient (Wildman–Crippen LogP) is 3.18. The number of piperidine rings is 1. The van der Waals surface area contributed by atoms with Crippen molar-refractivity contribution in [1.29, 1.82) is 0 Å². The van der Waals surface area contributed by atoms with E-state index in [4.69, 9.17) is 0 Å². The summed E-state index contributed by atoms with van der Waals surface area (Å²) in [5.74, 6) is 0. The Kier molecular flexibility index (Phi) is 5.28. The monoisotopic (exact) mass is 346 g/mol. The first-order valence-corrected chi connectivity index (χ1v) is 8.78. The molecule has 1 aromatic heterocycles. The molecule has 24 heavy (non-hydrogen) atoms. The van der Waals surface area contributed by atoms with Gasteiger partial charge in [-0.15, -0.1) is 12.4 Å². The lowest BCUT2D eigenvalue weighted by Crippen LogP contribution is -2.38. The summed E-state index contributed by atoms with van der Waals surface area (Å²) in [5, 5.41) is 8.07. The quantitative estimate of drug-likeness (QED) is 0.926. The van der Waals surface area contributed by atoms with Crippen molar-refractivity contribution in [1.82, 2.24) is 20.0 Å². The van der Waals surface area contributed by atoms with Gasteiger partial charge in [-0.3, -0.25) is 4.90 Å². The van der Waals surface area contributed by atoms with E-state index in [2.05, 4.69) is 57.3 Å². The van der Waals surface area contributed by atoms with Crippen LogP contribution in [0.15, 0.2) is 36.5 Å². The van der Waals surface area contributed by atoms with Crippen molar-refractivity contribution in [3.8, 4) is 5.69 Å². The molecule has 4 nitrogen and oxygen atoms in total. The van der Waals surface area contributed by atoms with Crippen molar-refractivity contribution in [2.24, 2.45) is 5.41 Å². The lowest BCUT2D eigenvalue weighted by molar-refractivity contribution is 0.192. The van der Waals surface area contributed by atoms with Crippen molar-refractivity contribution in [3.63, 3.8) is 0 Å². The summed E-state index contributed by atoms with van der Waals surface area (Å²) in [6, 6.07) is 10.7. The highest BCUT2D eigenvalue weighted by atomic mass is 35.5. The number of hydrogen-bond donors (Lipinski definition) is 1. The number of para-hydroxylation sites is 1. The van der Waals surface area contributed by atoms with Gasteiger partial charge in [0.05, 0.1) is 11.4 Å². The Bertz CT molecular complexity index is 676. The molecule has 2 aliphatic heterocycles. The molecule has 0 aliphatic carbocycles. The molecule has 0 bridgehead atoms. The Balaban J connectivity index is 0.00000169. The van der Waals surface area contributed by atoms with Gasteiger partial charge in [0.25, 0.3) is 0 Å². The molecule has 0 saturated carbocycles. The maximum absolute atomic E-state index is 4.57. The topological polar surface area (TPSA) is 33.1 Å². The van der Waals surface area contributed by atoms with Gasteiger partial charge in [0, 0.05) is 19.3 Å². The molecule has 0 atom stereocenters. The van der Waals surface area contributed by atoms with Crippen LogP contribution in [0.1, 0.15) is 30.5 Å². The zero-order valence-electron chi connectivity index (χ0n) is 14.4. The lowest BCUT2D eigenvalue weighted by atomic mass is 9.78. The maximum Gasteiger partial charge on any atom is 0.0678 e. The van der Waals surface area contributed by atoms with Crippen LogP contribution in [0.2, 0.25) is 0 Å². The van der Waals surface area contributed by atoms with Crippen LogP contribution in [0.25, 0.3) is 5.69 Å². The number of likely N-dealkylation sites (tertiary alicyclic amines) is 1. The van der Waals surface area contributed by atoms with Gasteiger partial charge < -0.3 is 5.32 Å². The highest BCUT2D eigenvalue weighted by molar-refractivity contribution is 5.85. The van der Waals surface area contributed by atoms with Crippen LogP contribution in [-0.2, 0) is 6.54 Å². The number of hydrogen-bond acceptors (Lipinski definition) is 3. The number of nitrogens with one attached hydrogen (secondary N) is 1. The Hall–Kier alpha value is -1.36. The standard InChI is InChI=1S/C19H26N4.ClH/c1-16-4-2-3-5-18(16)23-17(6-10-21-23)14-22-13-9-19(15-22)7-11-20-12-8-19;/h2-6,10,20H,7-9,11-15H2,1H3;1H. The molecule has 0 radical (unpaired) electrons. The molecule has 2 fully saturated rings. The number of halogens is 1. The van der Waals surface area contributed by atoms with Gasteiger partial charge in [-0.05, 0) is 68.9 Å². The second-order valence-corrected chi connectivity index (χ2v) is 7.23. The number of nitrogens with zero attached hydrogens (tertiary/aromatic N) is 3. The van der Waals surface area contributed by atoms with Gasteiger partial charge in [0.15, 0.2) is 0 Å². The van der Waals surface area contributed by atoms with Crippen molar-refractivity contribution in [3.05, 3.63) is 47.8 Å². The highest BCUT2D eigenvalue weighted by Gasteiger charge is 2.38. The van der Waals surface area contributed by atoms with Gasteiger partial charge in [0.2, 0.25) is 0 Å². The summed E-state index contributed by atoms with van der Waals surface area (Å²) in [4.78, 5) is 2.62. The SMILES string of the molecule is Cc1ccccc1-n1nccc1CN1CCC2(CCNCC2)C1.Cl. The summed E-state index contributed by atoms with van der Waals surface area (Å²) in [6.07, 6.45) is 5.95. The van der Waals surface area contributed by atoms with E-state index >= 15 is 0 Å². The Labute approximate surface area is 150 Å². The minimum absolute atomic E-state index is 0. The molecule has 3 heterocycles. The first-order chi connectivity index (χ1) is 11.3. The Morgan fingerprint density at radius 3 is 2.71 bits per heavy atom. The smallest absolute Gasteiger partial charge is 0.0678 e. The third-order valence-electron chi connectivity index (χ3n) is 5.63. The van der Waals surface area contributed by atoms with Crippen LogP contribution < -0.4 is 5.32 Å². The van der Waals surface area contributed by atoms with E-state index in [1.807, 2.05) is 6.20 Å². The van der Waals surface area contributed by atoms with Crippen LogP contribution in [-0.4, -0.2) is 40.9 Å². The fourth-order valence-electron chi connectivity index (χ4n) is 4.23. The first kappa shape index (κ1) is 17.5. The molecule has 2 aliphatic rings. The summed E-state index contributed by atoms with van der Waals surface area (Å²) in [5.41, 5.74) is 4.33. The molecule has 0 unspecified atom stereocenters. The first-order valence-electron chi connectivity index (χ1n) is 8.78. The van der Waals surface area contributed by atoms with E-state index < -0.39 is 0 Å². The van der Waals surface area contributed by atoms with Crippen molar-refractivity contribution >= 4 is 12.4 Å². The van der Waals surface area contributed by atoms with Crippen LogP contribution in [0, 0.1) is 12.3 Å². The fraction of sp³-hybridized carbons (Fsp3) is 0.526. The number of aryl methyl sites for hydroxylation is 1. The van der Waals surface area contributed by atoms with Crippen LogP contribution in [0.4, 0.5) is 0 Å². The highest BCUT2D eigenvalue weighted by Crippen LogP contribution is 2.39. The second kappa shape index (κ2) is 7.26. The van der Waals surface area contributed by atoms with Crippen LogP contribution in [0.3, 0.4) is 0 Å². The van der Waals surface area contributed by atoms with E-state index in [-0.39, 0.29) is 12.4 Å². The molecule has 4 rings (SSSR count). The van der Waals surface area contributed by atoms with E-state index in [1.54, 1.807) is 0 Å². The third-order valence-corrected chi connectivity index (χ3v) is 5.63. The van der Waals surface area contributed by atoms with Crippen LogP contribution in [0.5, 0.6) is 0 Å². The second-order valence-electron chi connectivity index (χ2n) is 7.23.